The van der Waals surface area contributed by atoms with Gasteiger partial charge in [-0.05, 0) is 20.8 Å². The van der Waals surface area contributed by atoms with Crippen molar-refractivity contribution >= 4 is 6.09 Å². The summed E-state index contributed by atoms with van der Waals surface area (Å²) in [7, 11) is 3.65. The Morgan fingerprint density at radius 3 is 2.13 bits per heavy atom. The summed E-state index contributed by atoms with van der Waals surface area (Å²) in [6, 6.07) is 0. The van der Waals surface area contributed by atoms with Crippen LogP contribution in [0.25, 0.3) is 0 Å². The molecule has 1 amide bonds. The van der Waals surface area contributed by atoms with Gasteiger partial charge < -0.3 is 13.9 Å². The van der Waals surface area contributed by atoms with Crippen molar-refractivity contribution in [3.8, 4) is 0 Å². The van der Waals surface area contributed by atoms with Crippen molar-refractivity contribution < 1.29 is 9.53 Å². The average Bonchev–Trinajstić information content (AvgIpc) is 2.32. The molecule has 0 saturated heterocycles. The fraction of sp³-hybridized carbons (Fsp3) is 0.600. The van der Waals surface area contributed by atoms with E-state index in [4.69, 9.17) is 4.74 Å². The SMILES string of the molecule is Cn1ccn(C)c1=NC(=O)OC(C)(C)C. The number of aryl methyl sites for hydroxylation is 2. The summed E-state index contributed by atoms with van der Waals surface area (Å²) in [6.07, 6.45) is 3.08. The molecule has 84 valence electrons. The van der Waals surface area contributed by atoms with Crippen LogP contribution < -0.4 is 5.62 Å². The lowest BCUT2D eigenvalue weighted by molar-refractivity contribution is 0.0594. The lowest BCUT2D eigenvalue weighted by Gasteiger charge is -2.17. The number of aromatic nitrogens is 2. The van der Waals surface area contributed by atoms with E-state index in [0.717, 1.165) is 0 Å². The molecule has 1 rings (SSSR count). The number of rotatable bonds is 0. The highest BCUT2D eigenvalue weighted by atomic mass is 16.6. The van der Waals surface area contributed by atoms with Crippen LogP contribution in [-0.4, -0.2) is 20.8 Å². The molecule has 5 heteroatoms. The van der Waals surface area contributed by atoms with Gasteiger partial charge >= 0.3 is 6.09 Å². The van der Waals surface area contributed by atoms with E-state index >= 15 is 0 Å². The van der Waals surface area contributed by atoms with Crippen molar-refractivity contribution in [3.05, 3.63) is 18.0 Å². The largest absolute Gasteiger partial charge is 0.442 e. The molecule has 0 saturated carbocycles. The van der Waals surface area contributed by atoms with Crippen molar-refractivity contribution in [3.63, 3.8) is 0 Å². The molecule has 0 radical (unpaired) electrons. The van der Waals surface area contributed by atoms with Crippen LogP contribution in [0, 0.1) is 0 Å². The highest BCUT2D eigenvalue weighted by molar-refractivity contribution is 5.68. The Labute approximate surface area is 89.0 Å². The van der Waals surface area contributed by atoms with E-state index in [1.54, 1.807) is 9.13 Å². The van der Waals surface area contributed by atoms with Crippen LogP contribution in [0.1, 0.15) is 20.8 Å². The second-order valence-electron chi connectivity index (χ2n) is 4.41. The maximum atomic E-state index is 11.4. The fourth-order valence-corrected chi connectivity index (χ4v) is 1.11. The first-order valence-electron chi connectivity index (χ1n) is 4.75. The van der Waals surface area contributed by atoms with E-state index in [-0.39, 0.29) is 0 Å². The summed E-state index contributed by atoms with van der Waals surface area (Å²) in [5.41, 5.74) is 0.0499. The van der Waals surface area contributed by atoms with Crippen LogP contribution in [0.2, 0.25) is 0 Å². The van der Waals surface area contributed by atoms with E-state index in [9.17, 15) is 4.79 Å². The third-order valence-electron chi connectivity index (χ3n) is 1.73. The molecule has 0 N–H and O–H groups in total. The van der Waals surface area contributed by atoms with Crippen molar-refractivity contribution in [1.82, 2.24) is 9.13 Å². The number of hydrogen-bond donors (Lipinski definition) is 0. The van der Waals surface area contributed by atoms with Gasteiger partial charge in [0, 0.05) is 26.5 Å². The Bertz CT molecular complexity index is 398. The minimum atomic E-state index is -0.570. The molecule has 0 unspecified atom stereocenters. The van der Waals surface area contributed by atoms with Crippen LogP contribution in [0.3, 0.4) is 0 Å². The summed E-state index contributed by atoms with van der Waals surface area (Å²) >= 11 is 0. The van der Waals surface area contributed by atoms with E-state index in [1.807, 2.05) is 47.3 Å². The van der Waals surface area contributed by atoms with Crippen LogP contribution in [-0.2, 0) is 18.8 Å². The molecule has 1 aromatic heterocycles. The number of imidazole rings is 1. The maximum Gasteiger partial charge on any atom is 0.437 e. The average molecular weight is 211 g/mol. The summed E-state index contributed by atoms with van der Waals surface area (Å²) in [5, 5.41) is 0. The van der Waals surface area contributed by atoms with Crippen molar-refractivity contribution in [2.45, 2.75) is 26.4 Å². The van der Waals surface area contributed by atoms with Gasteiger partial charge in [-0.15, -0.1) is 4.99 Å². The minimum Gasteiger partial charge on any atom is -0.442 e. The van der Waals surface area contributed by atoms with Crippen LogP contribution in [0.4, 0.5) is 4.79 Å². The van der Waals surface area contributed by atoms with Crippen molar-refractivity contribution in [2.24, 2.45) is 19.1 Å². The molecule has 0 fully saturated rings. The molecular weight excluding hydrogens is 194 g/mol. The smallest absolute Gasteiger partial charge is 0.437 e. The topological polar surface area (TPSA) is 48.5 Å². The first kappa shape index (κ1) is 11.6. The molecule has 0 aliphatic carbocycles. The van der Waals surface area contributed by atoms with Gasteiger partial charge in [0.15, 0.2) is 0 Å². The van der Waals surface area contributed by atoms with Crippen molar-refractivity contribution in [2.75, 3.05) is 0 Å². The quantitative estimate of drug-likeness (QED) is 0.647. The zero-order chi connectivity index (χ0) is 11.6. The summed E-state index contributed by atoms with van der Waals surface area (Å²) in [6.45, 7) is 5.43. The lowest BCUT2D eigenvalue weighted by Crippen LogP contribution is -2.27. The minimum absolute atomic E-state index is 0.510. The molecule has 0 atom stereocenters. The van der Waals surface area contributed by atoms with Gasteiger partial charge in [-0.3, -0.25) is 0 Å². The first-order chi connectivity index (χ1) is 6.79. The Morgan fingerprint density at radius 1 is 1.27 bits per heavy atom. The van der Waals surface area contributed by atoms with Gasteiger partial charge in [-0.2, -0.15) is 0 Å². The van der Waals surface area contributed by atoms with E-state index in [2.05, 4.69) is 4.99 Å². The van der Waals surface area contributed by atoms with Gasteiger partial charge in [-0.1, -0.05) is 0 Å². The van der Waals surface area contributed by atoms with Crippen molar-refractivity contribution in [1.29, 1.82) is 0 Å². The van der Waals surface area contributed by atoms with Gasteiger partial charge in [0.2, 0.25) is 5.62 Å². The summed E-state index contributed by atoms with van der Waals surface area (Å²) in [4.78, 5) is 15.3. The Kier molecular flexibility index (Phi) is 3.02. The number of hydrogen-bond acceptors (Lipinski definition) is 2. The summed E-state index contributed by atoms with van der Waals surface area (Å²) in [5.74, 6) is 0. The zero-order valence-electron chi connectivity index (χ0n) is 9.81. The number of amides is 1. The molecule has 0 aromatic carbocycles. The van der Waals surface area contributed by atoms with Crippen LogP contribution >= 0.6 is 0 Å². The molecule has 0 spiro atoms. The molecule has 0 bridgehead atoms. The van der Waals surface area contributed by atoms with Gasteiger partial charge in [-0.25, -0.2) is 4.79 Å². The predicted octanol–water partition coefficient (Wildman–Crippen LogP) is 1.20. The number of carbonyl (C=O) groups is 1. The third-order valence-corrected chi connectivity index (χ3v) is 1.73. The summed E-state index contributed by atoms with van der Waals surface area (Å²) < 4.78 is 8.60. The second-order valence-corrected chi connectivity index (χ2v) is 4.41. The molecule has 0 aliphatic heterocycles. The number of ether oxygens (including phenoxy) is 1. The highest BCUT2D eigenvalue weighted by Gasteiger charge is 2.15. The molecule has 15 heavy (non-hydrogen) atoms. The first-order valence-corrected chi connectivity index (χ1v) is 4.75. The normalized spacial score (nSPS) is 11.3. The fourth-order valence-electron chi connectivity index (χ4n) is 1.11. The molecule has 1 heterocycles. The van der Waals surface area contributed by atoms with Crippen LogP contribution in [0.15, 0.2) is 17.4 Å². The monoisotopic (exact) mass is 211 g/mol. The maximum absolute atomic E-state index is 11.4. The molecule has 0 aliphatic rings. The molecular formula is C10H17N3O2. The number of nitrogens with zero attached hydrogens (tertiary/aromatic N) is 3. The van der Waals surface area contributed by atoms with Gasteiger partial charge in [0.05, 0.1) is 0 Å². The predicted molar refractivity (Wildman–Crippen MR) is 56.2 cm³/mol. The molecule has 5 nitrogen and oxygen atoms in total. The third kappa shape index (κ3) is 3.27. The highest BCUT2D eigenvalue weighted by Crippen LogP contribution is 2.07. The van der Waals surface area contributed by atoms with E-state index < -0.39 is 11.7 Å². The van der Waals surface area contributed by atoms with Gasteiger partial charge in [0.25, 0.3) is 0 Å². The zero-order valence-corrected chi connectivity index (χ0v) is 9.81. The Balaban J connectivity index is 2.94. The Morgan fingerprint density at radius 2 is 1.73 bits per heavy atom. The standard InChI is InChI=1S/C10H17N3O2/c1-10(2,3)15-9(14)11-8-12(4)6-7-13(8)5/h6-7H,1-5H3. The molecule has 1 aromatic rings. The van der Waals surface area contributed by atoms with E-state index in [0.29, 0.717) is 5.62 Å². The number of carbonyl (C=O) groups excluding carboxylic acids is 1. The Hall–Kier alpha value is -1.52. The van der Waals surface area contributed by atoms with Crippen LogP contribution in [0.5, 0.6) is 0 Å². The lowest BCUT2D eigenvalue weighted by atomic mass is 10.2. The van der Waals surface area contributed by atoms with E-state index in [1.165, 1.54) is 0 Å². The second kappa shape index (κ2) is 3.92. The van der Waals surface area contributed by atoms with Gasteiger partial charge in [0.1, 0.15) is 5.60 Å².